The van der Waals surface area contributed by atoms with Gasteiger partial charge in [-0.25, -0.2) is 9.97 Å². The maximum absolute atomic E-state index is 11.2. The molecule has 0 bridgehead atoms. The van der Waals surface area contributed by atoms with Gasteiger partial charge in [0.25, 0.3) is 0 Å². The van der Waals surface area contributed by atoms with Crippen molar-refractivity contribution in [2.75, 3.05) is 17.7 Å². The first-order chi connectivity index (χ1) is 10.1. The Morgan fingerprint density at radius 2 is 2.10 bits per heavy atom. The lowest BCUT2D eigenvalue weighted by molar-refractivity contribution is -0.383. The van der Waals surface area contributed by atoms with Gasteiger partial charge < -0.3 is 10.6 Å². The van der Waals surface area contributed by atoms with Crippen molar-refractivity contribution >= 4 is 34.6 Å². The normalized spacial score (nSPS) is 9.76. The standard InChI is InChI=1S/C12H9ClN6O2/c1-15-11-10(19(20)21)12(17-6-16-11)18-9-4-8(13)3-2-7(9)5-14/h2-4,6H,1H3,(H2,15,16,17,18). The van der Waals surface area contributed by atoms with Gasteiger partial charge in [-0.05, 0) is 18.2 Å². The number of hydrogen-bond donors (Lipinski definition) is 2. The van der Waals surface area contributed by atoms with E-state index < -0.39 is 4.92 Å². The van der Waals surface area contributed by atoms with E-state index in [0.29, 0.717) is 16.3 Å². The molecule has 0 saturated carbocycles. The lowest BCUT2D eigenvalue weighted by Crippen LogP contribution is -2.06. The number of hydrogen-bond acceptors (Lipinski definition) is 7. The highest BCUT2D eigenvalue weighted by Crippen LogP contribution is 2.32. The minimum Gasteiger partial charge on any atom is -0.367 e. The molecule has 2 N–H and O–H groups in total. The van der Waals surface area contributed by atoms with Crippen molar-refractivity contribution < 1.29 is 4.92 Å². The summed E-state index contributed by atoms with van der Waals surface area (Å²) in [5.41, 5.74) is 0.302. The molecule has 1 aromatic heterocycles. The zero-order chi connectivity index (χ0) is 15.4. The molecular weight excluding hydrogens is 296 g/mol. The van der Waals surface area contributed by atoms with Crippen molar-refractivity contribution in [3.8, 4) is 6.07 Å². The van der Waals surface area contributed by atoms with E-state index in [9.17, 15) is 10.1 Å². The quantitative estimate of drug-likeness (QED) is 0.658. The van der Waals surface area contributed by atoms with E-state index in [1.54, 1.807) is 6.07 Å². The van der Waals surface area contributed by atoms with Crippen LogP contribution in [0.4, 0.5) is 23.0 Å². The molecule has 1 heterocycles. The summed E-state index contributed by atoms with van der Waals surface area (Å²) in [6, 6.07) is 6.53. The smallest absolute Gasteiger partial charge is 0.353 e. The van der Waals surface area contributed by atoms with Crippen LogP contribution in [0.2, 0.25) is 5.02 Å². The lowest BCUT2D eigenvalue weighted by atomic mass is 10.2. The second-order valence-corrected chi connectivity index (χ2v) is 4.29. The van der Waals surface area contributed by atoms with Crippen LogP contribution in [0.5, 0.6) is 0 Å². The molecule has 0 aliphatic carbocycles. The molecule has 1 aromatic carbocycles. The molecule has 2 aromatic rings. The summed E-state index contributed by atoms with van der Waals surface area (Å²) in [5.74, 6) is 0.0381. The average molecular weight is 305 g/mol. The number of nitriles is 1. The summed E-state index contributed by atoms with van der Waals surface area (Å²) in [4.78, 5) is 18.2. The fourth-order valence-corrected chi connectivity index (χ4v) is 1.84. The fourth-order valence-electron chi connectivity index (χ4n) is 1.67. The van der Waals surface area contributed by atoms with E-state index in [0.717, 1.165) is 0 Å². The molecule has 0 fully saturated rings. The van der Waals surface area contributed by atoms with E-state index in [4.69, 9.17) is 16.9 Å². The Bertz CT molecular complexity index is 743. The average Bonchev–Trinajstić information content (AvgIpc) is 2.47. The molecule has 0 amide bonds. The Morgan fingerprint density at radius 3 is 2.71 bits per heavy atom. The maximum atomic E-state index is 11.2. The summed E-state index contributed by atoms with van der Waals surface area (Å²) >= 11 is 5.87. The molecule has 0 aliphatic heterocycles. The van der Waals surface area contributed by atoms with Gasteiger partial charge in [-0.3, -0.25) is 10.1 Å². The van der Waals surface area contributed by atoms with E-state index in [1.165, 1.54) is 25.5 Å². The van der Waals surface area contributed by atoms with Crippen LogP contribution in [0.3, 0.4) is 0 Å². The molecule has 0 radical (unpaired) electrons. The summed E-state index contributed by atoms with van der Waals surface area (Å²) in [6.45, 7) is 0. The second-order valence-electron chi connectivity index (χ2n) is 3.85. The van der Waals surface area contributed by atoms with Gasteiger partial charge in [-0.2, -0.15) is 5.26 Å². The van der Waals surface area contributed by atoms with Gasteiger partial charge in [0.05, 0.1) is 16.2 Å². The van der Waals surface area contributed by atoms with Crippen LogP contribution < -0.4 is 10.6 Å². The van der Waals surface area contributed by atoms with E-state index in [1.807, 2.05) is 6.07 Å². The minimum absolute atomic E-state index is 0.0295. The monoisotopic (exact) mass is 304 g/mol. The van der Waals surface area contributed by atoms with Gasteiger partial charge in [-0.15, -0.1) is 0 Å². The second kappa shape index (κ2) is 6.02. The molecule has 106 valence electrons. The third-order valence-electron chi connectivity index (χ3n) is 2.60. The van der Waals surface area contributed by atoms with Crippen LogP contribution in [0, 0.1) is 21.4 Å². The van der Waals surface area contributed by atoms with E-state index >= 15 is 0 Å². The molecular formula is C12H9ClN6O2. The van der Waals surface area contributed by atoms with Crippen LogP contribution in [-0.4, -0.2) is 21.9 Å². The third-order valence-corrected chi connectivity index (χ3v) is 2.83. The lowest BCUT2D eigenvalue weighted by Gasteiger charge is -2.09. The first-order valence-corrected chi connectivity index (χ1v) is 6.08. The van der Waals surface area contributed by atoms with E-state index in [2.05, 4.69) is 20.6 Å². The van der Waals surface area contributed by atoms with Crippen molar-refractivity contribution in [2.24, 2.45) is 0 Å². The zero-order valence-electron chi connectivity index (χ0n) is 10.8. The highest BCUT2D eigenvalue weighted by Gasteiger charge is 2.22. The van der Waals surface area contributed by atoms with Gasteiger partial charge in [0, 0.05) is 12.1 Å². The highest BCUT2D eigenvalue weighted by atomic mass is 35.5. The Morgan fingerprint density at radius 1 is 1.38 bits per heavy atom. The zero-order valence-corrected chi connectivity index (χ0v) is 11.5. The molecule has 0 atom stereocenters. The summed E-state index contributed by atoms with van der Waals surface area (Å²) < 4.78 is 0. The fraction of sp³-hybridized carbons (Fsp3) is 0.0833. The Labute approximate surface area is 124 Å². The Balaban J connectivity index is 2.52. The molecule has 0 spiro atoms. The van der Waals surface area contributed by atoms with Crippen LogP contribution in [0.1, 0.15) is 5.56 Å². The number of nitro groups is 1. The van der Waals surface area contributed by atoms with Crippen LogP contribution in [0.25, 0.3) is 0 Å². The first-order valence-electron chi connectivity index (χ1n) is 5.70. The molecule has 9 heteroatoms. The molecule has 0 unspecified atom stereocenters. The van der Waals surface area contributed by atoms with Gasteiger partial charge in [-0.1, -0.05) is 11.6 Å². The molecule has 0 saturated heterocycles. The van der Waals surface area contributed by atoms with Crippen molar-refractivity contribution in [3.05, 3.63) is 45.2 Å². The topological polar surface area (TPSA) is 117 Å². The predicted octanol–water partition coefficient (Wildman–Crippen LogP) is 2.70. The number of aromatic nitrogens is 2. The number of rotatable bonds is 4. The maximum Gasteiger partial charge on any atom is 0.353 e. The van der Waals surface area contributed by atoms with Crippen molar-refractivity contribution in [1.82, 2.24) is 9.97 Å². The number of halogens is 1. The summed E-state index contributed by atoms with van der Waals surface area (Å²) in [6.07, 6.45) is 1.18. The molecule has 8 nitrogen and oxygen atoms in total. The van der Waals surface area contributed by atoms with Crippen molar-refractivity contribution in [2.45, 2.75) is 0 Å². The number of nitrogens with zero attached hydrogens (tertiary/aromatic N) is 4. The number of nitrogens with one attached hydrogen (secondary N) is 2. The largest absolute Gasteiger partial charge is 0.367 e. The minimum atomic E-state index is -0.606. The predicted molar refractivity (Wildman–Crippen MR) is 77.7 cm³/mol. The number of benzene rings is 1. The third kappa shape index (κ3) is 2.98. The van der Waals surface area contributed by atoms with Gasteiger partial charge in [0.15, 0.2) is 0 Å². The summed E-state index contributed by atoms with van der Waals surface area (Å²) in [7, 11) is 1.51. The van der Waals surface area contributed by atoms with Gasteiger partial charge in [0.2, 0.25) is 11.6 Å². The molecule has 2 rings (SSSR count). The Kier molecular flexibility index (Phi) is 4.15. The SMILES string of the molecule is CNc1ncnc(Nc2cc(Cl)ccc2C#N)c1[N+](=O)[O-]. The highest BCUT2D eigenvalue weighted by molar-refractivity contribution is 6.30. The van der Waals surface area contributed by atoms with Crippen LogP contribution >= 0.6 is 11.6 Å². The van der Waals surface area contributed by atoms with Crippen LogP contribution in [-0.2, 0) is 0 Å². The van der Waals surface area contributed by atoms with Gasteiger partial charge >= 0.3 is 5.69 Å². The van der Waals surface area contributed by atoms with E-state index in [-0.39, 0.29) is 17.3 Å². The number of anilines is 3. The molecule has 0 aliphatic rings. The summed E-state index contributed by atoms with van der Waals surface area (Å²) in [5, 5.41) is 26.0. The first kappa shape index (κ1) is 14.5. The molecule has 21 heavy (non-hydrogen) atoms. The van der Waals surface area contributed by atoms with Gasteiger partial charge in [0.1, 0.15) is 12.4 Å². The Hall–Kier alpha value is -2.92. The van der Waals surface area contributed by atoms with Crippen LogP contribution in [0.15, 0.2) is 24.5 Å². The van der Waals surface area contributed by atoms with Crippen molar-refractivity contribution in [3.63, 3.8) is 0 Å². The van der Waals surface area contributed by atoms with Crippen molar-refractivity contribution in [1.29, 1.82) is 5.26 Å².